The first-order valence-corrected chi connectivity index (χ1v) is 11.2. The van der Waals surface area contributed by atoms with Crippen LogP contribution in [-0.4, -0.2) is 15.3 Å². The molecule has 1 N–H and O–H groups in total. The lowest BCUT2D eigenvalue weighted by atomic mass is 9.94. The fourth-order valence-electron chi connectivity index (χ4n) is 4.04. The zero-order valence-electron chi connectivity index (χ0n) is 18.7. The van der Waals surface area contributed by atoms with Crippen LogP contribution in [0.2, 0.25) is 0 Å². The first-order valence-electron chi connectivity index (χ1n) is 10.7. The van der Waals surface area contributed by atoms with Gasteiger partial charge < -0.3 is 9.84 Å². The second-order valence-electron chi connectivity index (χ2n) is 8.16. The molecule has 0 radical (unpaired) electrons. The number of nitrogens with one attached hydrogen (secondary N) is 1. The monoisotopic (exact) mass is 492 g/mol. The molecule has 3 aromatic carbocycles. The van der Waals surface area contributed by atoms with Gasteiger partial charge in [-0.15, -0.1) is 0 Å². The molecule has 1 aromatic heterocycles. The number of benzene rings is 3. The summed E-state index contributed by atoms with van der Waals surface area (Å²) in [6.07, 6.45) is 0. The summed E-state index contributed by atoms with van der Waals surface area (Å²) in [4.78, 5) is 6.15. The Kier molecular flexibility index (Phi) is 5.86. The van der Waals surface area contributed by atoms with Gasteiger partial charge in [0.25, 0.3) is 5.89 Å². The predicted octanol–water partition coefficient (Wildman–Crippen LogP) is 6.33. The third-order valence-corrected chi connectivity index (χ3v) is 6.09. The van der Waals surface area contributed by atoms with E-state index in [2.05, 4.69) is 15.5 Å². The number of hydrogen-bond acceptors (Lipinski definition) is 4. The van der Waals surface area contributed by atoms with Crippen molar-refractivity contribution in [2.45, 2.75) is 19.9 Å². The van der Waals surface area contributed by atoms with Crippen molar-refractivity contribution in [1.82, 2.24) is 15.5 Å². The van der Waals surface area contributed by atoms with E-state index in [-0.39, 0.29) is 11.0 Å². The number of allylic oxidation sites excluding steroid dienone is 1. The average molecular weight is 493 g/mol. The van der Waals surface area contributed by atoms with Gasteiger partial charge in [-0.2, -0.15) is 4.98 Å². The molecule has 9 heteroatoms. The summed E-state index contributed by atoms with van der Waals surface area (Å²) in [6.45, 7) is 3.73. The largest absolute Gasteiger partial charge is 0.351 e. The van der Waals surface area contributed by atoms with E-state index in [4.69, 9.17) is 16.7 Å². The van der Waals surface area contributed by atoms with E-state index in [1.165, 1.54) is 18.2 Å². The minimum atomic E-state index is -1.01. The van der Waals surface area contributed by atoms with Crippen molar-refractivity contribution >= 4 is 28.6 Å². The molecule has 1 aliphatic heterocycles. The summed E-state index contributed by atoms with van der Waals surface area (Å²) in [5, 5.41) is 7.52. The fourth-order valence-corrected chi connectivity index (χ4v) is 4.40. The van der Waals surface area contributed by atoms with Crippen LogP contribution in [0.1, 0.15) is 30.0 Å². The van der Waals surface area contributed by atoms with Crippen LogP contribution in [0.4, 0.5) is 18.9 Å². The molecule has 0 spiro atoms. The van der Waals surface area contributed by atoms with Crippen LogP contribution < -0.4 is 10.2 Å². The first kappa shape index (κ1) is 22.8. The van der Waals surface area contributed by atoms with Gasteiger partial charge in [-0.05, 0) is 55.9 Å². The van der Waals surface area contributed by atoms with Gasteiger partial charge in [0.1, 0.15) is 5.82 Å². The first-order chi connectivity index (χ1) is 16.8. The Labute approximate surface area is 204 Å². The number of thiocarbonyl (C=S) groups is 1. The molecule has 2 heterocycles. The number of rotatable bonds is 4. The molecule has 0 aliphatic carbocycles. The van der Waals surface area contributed by atoms with E-state index in [1.54, 1.807) is 24.0 Å². The van der Waals surface area contributed by atoms with Crippen LogP contribution in [0, 0.1) is 24.4 Å². The van der Waals surface area contributed by atoms with E-state index in [0.717, 1.165) is 23.3 Å². The molecule has 35 heavy (non-hydrogen) atoms. The van der Waals surface area contributed by atoms with Crippen LogP contribution in [0.25, 0.3) is 17.0 Å². The highest BCUT2D eigenvalue weighted by molar-refractivity contribution is 7.80. The van der Waals surface area contributed by atoms with Crippen molar-refractivity contribution in [3.63, 3.8) is 0 Å². The summed E-state index contributed by atoms with van der Waals surface area (Å²) in [5.74, 6) is -1.82. The van der Waals surface area contributed by atoms with Crippen molar-refractivity contribution in [3.8, 4) is 11.4 Å². The minimum absolute atomic E-state index is 0.190. The third-order valence-electron chi connectivity index (χ3n) is 5.79. The van der Waals surface area contributed by atoms with Crippen molar-refractivity contribution in [1.29, 1.82) is 0 Å². The molecular weight excluding hydrogens is 473 g/mol. The molecule has 0 bridgehead atoms. The second-order valence-corrected chi connectivity index (χ2v) is 8.55. The molecule has 1 aliphatic rings. The molecule has 4 aromatic rings. The standard InChI is InChI=1S/C26H19F3N4OS/c1-14-6-8-16(9-7-14)24-31-25(34-32-24)22-15(2)33(19-10-11-20(28)21(29)13-19)26(35)30-23(22)17-4-3-5-18(27)12-17/h3-13,23H,1-2H3,(H,30,35). The van der Waals surface area contributed by atoms with Crippen LogP contribution in [0.15, 0.2) is 77.0 Å². The van der Waals surface area contributed by atoms with E-state index >= 15 is 0 Å². The summed E-state index contributed by atoms with van der Waals surface area (Å²) < 4.78 is 47.4. The van der Waals surface area contributed by atoms with Crippen LogP contribution in [0.5, 0.6) is 0 Å². The van der Waals surface area contributed by atoms with E-state index in [1.807, 2.05) is 31.2 Å². The maximum Gasteiger partial charge on any atom is 0.258 e. The topological polar surface area (TPSA) is 54.2 Å². The number of anilines is 1. The Bertz CT molecular complexity index is 1470. The fraction of sp³-hybridized carbons (Fsp3) is 0.115. The van der Waals surface area contributed by atoms with Gasteiger partial charge in [-0.25, -0.2) is 13.2 Å². The highest BCUT2D eigenvalue weighted by Gasteiger charge is 2.35. The zero-order valence-corrected chi connectivity index (χ0v) is 19.5. The second kappa shape index (κ2) is 8.99. The molecule has 0 amide bonds. The lowest BCUT2D eigenvalue weighted by molar-refractivity contribution is 0.404. The lowest BCUT2D eigenvalue weighted by Gasteiger charge is -2.37. The number of aryl methyl sites for hydroxylation is 1. The quantitative estimate of drug-likeness (QED) is 0.336. The summed E-state index contributed by atoms with van der Waals surface area (Å²) in [6, 6.07) is 16.6. The highest BCUT2D eigenvalue weighted by Crippen LogP contribution is 2.39. The van der Waals surface area contributed by atoms with Crippen molar-refractivity contribution in [2.75, 3.05) is 4.90 Å². The summed E-state index contributed by atoms with van der Waals surface area (Å²) in [7, 11) is 0. The Morgan fingerprint density at radius 2 is 1.71 bits per heavy atom. The molecule has 1 atom stereocenters. The lowest BCUT2D eigenvalue weighted by Crippen LogP contribution is -2.46. The van der Waals surface area contributed by atoms with E-state index < -0.39 is 23.5 Å². The van der Waals surface area contributed by atoms with Crippen LogP contribution in [0.3, 0.4) is 0 Å². The maximum absolute atomic E-state index is 14.1. The number of nitrogens with zero attached hydrogens (tertiary/aromatic N) is 3. The van der Waals surface area contributed by atoms with Crippen molar-refractivity contribution < 1.29 is 17.7 Å². The molecular formula is C26H19F3N4OS. The Morgan fingerprint density at radius 3 is 2.43 bits per heavy atom. The average Bonchev–Trinajstić information content (AvgIpc) is 3.31. The van der Waals surface area contributed by atoms with E-state index in [9.17, 15) is 13.2 Å². The maximum atomic E-state index is 14.1. The molecule has 1 unspecified atom stereocenters. The normalized spacial score (nSPS) is 16.0. The van der Waals surface area contributed by atoms with Gasteiger partial charge in [-0.1, -0.05) is 47.1 Å². The van der Waals surface area contributed by atoms with Crippen molar-refractivity contribution in [3.05, 3.63) is 107 Å². The third kappa shape index (κ3) is 4.30. The van der Waals surface area contributed by atoms with Crippen molar-refractivity contribution in [2.24, 2.45) is 0 Å². The van der Waals surface area contributed by atoms with Gasteiger partial charge >= 0.3 is 0 Å². The number of hydrogen-bond donors (Lipinski definition) is 1. The Balaban J connectivity index is 1.66. The van der Waals surface area contributed by atoms with Gasteiger partial charge in [-0.3, -0.25) is 4.90 Å². The Hall–Kier alpha value is -3.98. The zero-order chi connectivity index (χ0) is 24.7. The molecule has 0 saturated heterocycles. The molecule has 176 valence electrons. The van der Waals surface area contributed by atoms with E-state index in [0.29, 0.717) is 28.3 Å². The van der Waals surface area contributed by atoms with Gasteiger partial charge in [0.05, 0.1) is 17.3 Å². The smallest absolute Gasteiger partial charge is 0.258 e. The van der Waals surface area contributed by atoms with Crippen LogP contribution >= 0.6 is 12.2 Å². The summed E-state index contributed by atoms with van der Waals surface area (Å²) in [5.41, 5.74) is 3.83. The molecule has 0 saturated carbocycles. The van der Waals surface area contributed by atoms with Gasteiger partial charge in [0.15, 0.2) is 16.7 Å². The summed E-state index contributed by atoms with van der Waals surface area (Å²) >= 11 is 5.57. The molecule has 0 fully saturated rings. The molecule has 5 nitrogen and oxygen atoms in total. The highest BCUT2D eigenvalue weighted by atomic mass is 32.1. The van der Waals surface area contributed by atoms with Crippen LogP contribution in [-0.2, 0) is 0 Å². The van der Waals surface area contributed by atoms with Gasteiger partial charge in [0, 0.05) is 17.3 Å². The predicted molar refractivity (Wildman–Crippen MR) is 131 cm³/mol. The number of aromatic nitrogens is 2. The number of halogens is 3. The SMILES string of the molecule is CC1=C(c2nc(-c3ccc(C)cc3)no2)C(c2cccc(F)c2)NC(=S)N1c1ccc(F)c(F)c1. The minimum Gasteiger partial charge on any atom is -0.351 e. The molecule has 5 rings (SSSR count). The van der Waals surface area contributed by atoms with Gasteiger partial charge in [0.2, 0.25) is 5.82 Å². The Morgan fingerprint density at radius 1 is 0.943 bits per heavy atom.